The molecule has 0 bridgehead atoms. The monoisotopic (exact) mass is 267 g/mol. The first-order valence-corrected chi connectivity index (χ1v) is 7.30. The Morgan fingerprint density at radius 3 is 2.05 bits per heavy atom. The summed E-state index contributed by atoms with van der Waals surface area (Å²) in [6.45, 7) is 0. The number of H-pyrrole nitrogens is 1. The van der Waals surface area contributed by atoms with Gasteiger partial charge in [0.15, 0.2) is 0 Å². The van der Waals surface area contributed by atoms with E-state index in [1.807, 2.05) is 0 Å². The number of hydrogen-bond donors (Lipinski definition) is 2. The van der Waals surface area contributed by atoms with Crippen molar-refractivity contribution >= 4 is 5.91 Å². The number of unbranched alkanes of at least 4 members (excludes halogenated alkanes) is 8. The van der Waals surface area contributed by atoms with Crippen LogP contribution in [-0.2, 0) is 11.2 Å². The molecule has 1 amide bonds. The summed E-state index contributed by atoms with van der Waals surface area (Å²) in [5, 5.41) is 13.7. The number of nitrogens with one attached hydrogen (secondary N) is 1. The highest BCUT2D eigenvalue weighted by Gasteiger charge is 1.97. The first-order valence-electron chi connectivity index (χ1n) is 7.30. The Morgan fingerprint density at radius 1 is 0.947 bits per heavy atom. The van der Waals surface area contributed by atoms with Crippen LogP contribution in [0.3, 0.4) is 0 Å². The summed E-state index contributed by atoms with van der Waals surface area (Å²) in [5.74, 6) is 0.705. The molecule has 0 aliphatic rings. The number of rotatable bonds is 12. The second-order valence-electron chi connectivity index (χ2n) is 5.00. The molecular weight excluding hydrogens is 242 g/mol. The molecule has 3 N–H and O–H groups in total. The van der Waals surface area contributed by atoms with Crippen molar-refractivity contribution in [2.75, 3.05) is 0 Å². The Kier molecular flexibility index (Phi) is 8.59. The van der Waals surface area contributed by atoms with Crippen LogP contribution < -0.4 is 5.73 Å². The number of carbonyl (C=O) groups excluding carboxylic acids is 1. The maximum Gasteiger partial charge on any atom is 0.217 e. The van der Waals surface area contributed by atoms with Crippen LogP contribution in [0, 0.1) is 0 Å². The second kappa shape index (κ2) is 10.5. The van der Waals surface area contributed by atoms with E-state index in [9.17, 15) is 4.79 Å². The molecule has 1 aromatic rings. The fourth-order valence-corrected chi connectivity index (χ4v) is 2.11. The van der Waals surface area contributed by atoms with Crippen molar-refractivity contribution in [2.45, 2.75) is 70.6 Å². The van der Waals surface area contributed by atoms with Crippen LogP contribution in [0.1, 0.15) is 70.0 Å². The standard InChI is InChI=1S/C13H25N5O/c14-12(19)10-8-6-4-2-1-3-5-7-9-11-13-15-17-18-16-13/h1-11H2,(H2,14,19)(H,15,16,17,18). The van der Waals surface area contributed by atoms with Crippen molar-refractivity contribution in [3.63, 3.8) is 0 Å². The average molecular weight is 267 g/mol. The smallest absolute Gasteiger partial charge is 0.217 e. The molecule has 0 atom stereocenters. The van der Waals surface area contributed by atoms with E-state index in [1.54, 1.807) is 0 Å². The lowest BCUT2D eigenvalue weighted by Gasteiger charge is -2.01. The molecule has 0 spiro atoms. The molecule has 0 fully saturated rings. The Labute approximate surface area is 114 Å². The third kappa shape index (κ3) is 9.16. The van der Waals surface area contributed by atoms with E-state index in [4.69, 9.17) is 5.73 Å². The molecule has 6 heteroatoms. The average Bonchev–Trinajstić information content (AvgIpc) is 2.88. The van der Waals surface area contributed by atoms with E-state index in [0.29, 0.717) is 6.42 Å². The molecule has 1 rings (SSSR count). The van der Waals surface area contributed by atoms with Crippen molar-refractivity contribution in [3.05, 3.63) is 5.82 Å². The van der Waals surface area contributed by atoms with E-state index in [-0.39, 0.29) is 5.91 Å². The van der Waals surface area contributed by atoms with Gasteiger partial charge in [-0.3, -0.25) is 4.79 Å². The number of nitrogens with zero attached hydrogens (tertiary/aromatic N) is 3. The second-order valence-corrected chi connectivity index (χ2v) is 5.00. The lowest BCUT2D eigenvalue weighted by molar-refractivity contribution is -0.118. The van der Waals surface area contributed by atoms with Crippen LogP contribution >= 0.6 is 0 Å². The van der Waals surface area contributed by atoms with Crippen LogP contribution in [0.15, 0.2) is 0 Å². The molecule has 108 valence electrons. The summed E-state index contributed by atoms with van der Waals surface area (Å²) < 4.78 is 0. The zero-order chi connectivity index (χ0) is 13.8. The fraction of sp³-hybridized carbons (Fsp3) is 0.846. The van der Waals surface area contributed by atoms with Gasteiger partial charge in [-0.15, -0.1) is 5.10 Å². The third-order valence-corrected chi connectivity index (χ3v) is 3.23. The minimum Gasteiger partial charge on any atom is -0.370 e. The van der Waals surface area contributed by atoms with Gasteiger partial charge < -0.3 is 5.73 Å². The number of carbonyl (C=O) groups is 1. The van der Waals surface area contributed by atoms with E-state index in [2.05, 4.69) is 20.6 Å². The Balaban J connectivity index is 1.75. The van der Waals surface area contributed by atoms with Gasteiger partial charge in [0.05, 0.1) is 0 Å². The summed E-state index contributed by atoms with van der Waals surface area (Å²) in [6.07, 6.45) is 12.3. The molecule has 0 saturated carbocycles. The normalized spacial score (nSPS) is 10.7. The SMILES string of the molecule is NC(=O)CCCCCCCCCCCc1nnn[nH]1. The lowest BCUT2D eigenvalue weighted by atomic mass is 10.1. The van der Waals surface area contributed by atoms with Crippen molar-refractivity contribution in [2.24, 2.45) is 5.73 Å². The molecule has 1 heterocycles. The Bertz CT molecular complexity index is 326. The van der Waals surface area contributed by atoms with Crippen molar-refractivity contribution in [1.29, 1.82) is 0 Å². The number of aromatic nitrogens is 4. The molecule has 0 unspecified atom stereocenters. The minimum absolute atomic E-state index is 0.179. The van der Waals surface area contributed by atoms with Crippen molar-refractivity contribution in [3.8, 4) is 0 Å². The number of aromatic amines is 1. The van der Waals surface area contributed by atoms with Gasteiger partial charge in [0.25, 0.3) is 0 Å². The largest absolute Gasteiger partial charge is 0.370 e. The maximum absolute atomic E-state index is 10.5. The van der Waals surface area contributed by atoms with E-state index in [0.717, 1.165) is 31.5 Å². The quantitative estimate of drug-likeness (QED) is 0.567. The minimum atomic E-state index is -0.179. The molecule has 1 aromatic heterocycles. The van der Waals surface area contributed by atoms with Gasteiger partial charge >= 0.3 is 0 Å². The van der Waals surface area contributed by atoms with Gasteiger partial charge in [-0.2, -0.15) is 0 Å². The van der Waals surface area contributed by atoms with Crippen LogP contribution in [0.25, 0.3) is 0 Å². The molecular formula is C13H25N5O. The van der Waals surface area contributed by atoms with Gasteiger partial charge in [0.1, 0.15) is 5.82 Å². The third-order valence-electron chi connectivity index (χ3n) is 3.23. The molecule has 0 aliphatic carbocycles. The summed E-state index contributed by atoms with van der Waals surface area (Å²) >= 11 is 0. The van der Waals surface area contributed by atoms with Gasteiger partial charge in [-0.25, -0.2) is 5.10 Å². The molecule has 19 heavy (non-hydrogen) atoms. The predicted molar refractivity (Wildman–Crippen MR) is 73.2 cm³/mol. The van der Waals surface area contributed by atoms with Crippen LogP contribution in [-0.4, -0.2) is 26.5 Å². The Hall–Kier alpha value is -1.46. The van der Waals surface area contributed by atoms with Crippen LogP contribution in [0.5, 0.6) is 0 Å². The maximum atomic E-state index is 10.5. The molecule has 0 aromatic carbocycles. The zero-order valence-corrected chi connectivity index (χ0v) is 11.6. The number of nitrogens with two attached hydrogens (primary N) is 1. The number of primary amides is 1. The highest BCUT2D eigenvalue weighted by Crippen LogP contribution is 2.11. The molecule has 0 saturated heterocycles. The first kappa shape index (κ1) is 15.6. The first-order chi connectivity index (χ1) is 9.29. The van der Waals surface area contributed by atoms with Gasteiger partial charge in [-0.1, -0.05) is 44.9 Å². The van der Waals surface area contributed by atoms with Gasteiger partial charge in [-0.05, 0) is 23.3 Å². The Morgan fingerprint density at radius 2 is 1.53 bits per heavy atom. The van der Waals surface area contributed by atoms with Gasteiger partial charge in [0.2, 0.25) is 5.91 Å². The van der Waals surface area contributed by atoms with Crippen molar-refractivity contribution in [1.82, 2.24) is 20.6 Å². The van der Waals surface area contributed by atoms with Crippen LogP contribution in [0.2, 0.25) is 0 Å². The molecule has 6 nitrogen and oxygen atoms in total. The van der Waals surface area contributed by atoms with E-state index < -0.39 is 0 Å². The number of hydrogen-bond acceptors (Lipinski definition) is 4. The summed E-state index contributed by atoms with van der Waals surface area (Å²) in [7, 11) is 0. The molecule has 0 radical (unpaired) electrons. The molecule has 0 aliphatic heterocycles. The summed E-state index contributed by atoms with van der Waals surface area (Å²) in [6, 6.07) is 0. The zero-order valence-electron chi connectivity index (χ0n) is 11.6. The highest BCUT2D eigenvalue weighted by molar-refractivity contribution is 5.73. The summed E-state index contributed by atoms with van der Waals surface area (Å²) in [4.78, 5) is 10.5. The number of tetrazole rings is 1. The van der Waals surface area contributed by atoms with Crippen molar-refractivity contribution < 1.29 is 4.79 Å². The number of aryl methyl sites for hydroxylation is 1. The van der Waals surface area contributed by atoms with Gasteiger partial charge in [0, 0.05) is 12.8 Å². The van der Waals surface area contributed by atoms with Crippen LogP contribution in [0.4, 0.5) is 0 Å². The lowest BCUT2D eigenvalue weighted by Crippen LogP contribution is -2.09. The number of amides is 1. The predicted octanol–water partition coefficient (Wildman–Crippen LogP) is 2.13. The van der Waals surface area contributed by atoms with E-state index >= 15 is 0 Å². The van der Waals surface area contributed by atoms with E-state index in [1.165, 1.54) is 38.5 Å². The fourth-order valence-electron chi connectivity index (χ4n) is 2.11. The highest BCUT2D eigenvalue weighted by atomic mass is 16.1. The summed E-state index contributed by atoms with van der Waals surface area (Å²) in [5.41, 5.74) is 5.08. The topological polar surface area (TPSA) is 97.6 Å².